The molecular formula is C27H20BrClN4O2. The first kappa shape index (κ1) is 23.1. The van der Waals surface area contributed by atoms with Crippen molar-refractivity contribution < 1.29 is 9.53 Å². The molecule has 174 valence electrons. The second-order valence-electron chi connectivity index (χ2n) is 7.91. The molecule has 2 heterocycles. The quantitative estimate of drug-likeness (QED) is 0.284. The largest absolute Gasteiger partial charge is 0.439 e. The first-order valence-electron chi connectivity index (χ1n) is 10.9. The number of benzene rings is 3. The number of hydrazone groups is 1. The molecule has 1 atom stereocenters. The highest BCUT2D eigenvalue weighted by molar-refractivity contribution is 9.10. The molecule has 1 aliphatic rings. The normalized spacial score (nSPS) is 15.0. The Morgan fingerprint density at radius 3 is 2.40 bits per heavy atom. The van der Waals surface area contributed by atoms with Crippen molar-refractivity contribution in [3.63, 3.8) is 0 Å². The van der Waals surface area contributed by atoms with Crippen LogP contribution in [0.3, 0.4) is 0 Å². The van der Waals surface area contributed by atoms with Crippen LogP contribution in [0.2, 0.25) is 5.02 Å². The van der Waals surface area contributed by atoms with Crippen LogP contribution in [0.4, 0.5) is 10.5 Å². The number of amides is 2. The number of anilines is 1. The Kier molecular flexibility index (Phi) is 6.79. The van der Waals surface area contributed by atoms with Crippen LogP contribution in [-0.4, -0.2) is 28.3 Å². The molecule has 0 saturated carbocycles. The van der Waals surface area contributed by atoms with Crippen molar-refractivity contribution in [2.45, 2.75) is 5.92 Å². The maximum atomic E-state index is 13.1. The number of ether oxygens (including phenoxy) is 1. The zero-order valence-corrected chi connectivity index (χ0v) is 20.8. The summed E-state index contributed by atoms with van der Waals surface area (Å²) in [6, 6.07) is 28.1. The summed E-state index contributed by atoms with van der Waals surface area (Å²) in [4.78, 5) is 17.3. The summed E-state index contributed by atoms with van der Waals surface area (Å²) < 4.78 is 6.71. The molecule has 0 spiro atoms. The summed E-state index contributed by atoms with van der Waals surface area (Å²) in [5.41, 5.74) is 3.38. The van der Waals surface area contributed by atoms with Crippen molar-refractivity contribution in [3.8, 4) is 11.6 Å². The lowest BCUT2D eigenvalue weighted by atomic mass is 9.91. The molecular weight excluding hydrogens is 528 g/mol. The number of nitrogens with zero attached hydrogens (tertiary/aromatic N) is 3. The highest BCUT2D eigenvalue weighted by Crippen LogP contribution is 2.30. The van der Waals surface area contributed by atoms with Gasteiger partial charge in [-0.1, -0.05) is 70.0 Å². The van der Waals surface area contributed by atoms with Crippen molar-refractivity contribution in [1.29, 1.82) is 0 Å². The summed E-state index contributed by atoms with van der Waals surface area (Å²) in [5, 5.41) is 9.64. The van der Waals surface area contributed by atoms with Gasteiger partial charge in [0.25, 0.3) is 0 Å². The van der Waals surface area contributed by atoms with Crippen molar-refractivity contribution in [3.05, 3.63) is 118 Å². The predicted octanol–water partition coefficient (Wildman–Crippen LogP) is 7.33. The molecule has 0 bridgehead atoms. The number of hydrogen-bond acceptors (Lipinski definition) is 4. The maximum absolute atomic E-state index is 13.1. The van der Waals surface area contributed by atoms with E-state index in [0.29, 0.717) is 28.9 Å². The Morgan fingerprint density at radius 2 is 1.71 bits per heavy atom. The lowest BCUT2D eigenvalue weighted by Gasteiger charge is -2.16. The van der Waals surface area contributed by atoms with Gasteiger partial charge in [0, 0.05) is 21.5 Å². The molecule has 0 saturated heterocycles. The van der Waals surface area contributed by atoms with E-state index in [4.69, 9.17) is 16.3 Å². The molecule has 1 aliphatic heterocycles. The SMILES string of the molecule is O=C(Nc1ccc(Oc2ccc(Br)cc2)nc1)N1CC(c2ccccc2)C(c2ccc(Cl)cc2)=N1. The molecule has 0 aliphatic carbocycles. The van der Waals surface area contributed by atoms with Crippen LogP contribution in [0, 0.1) is 0 Å². The van der Waals surface area contributed by atoms with Crippen molar-refractivity contribution in [1.82, 2.24) is 9.99 Å². The van der Waals surface area contributed by atoms with Crippen molar-refractivity contribution in [2.75, 3.05) is 11.9 Å². The van der Waals surface area contributed by atoms with Crippen LogP contribution in [0.15, 0.2) is 107 Å². The Balaban J connectivity index is 1.31. The number of hydrogen-bond donors (Lipinski definition) is 1. The highest BCUT2D eigenvalue weighted by atomic mass is 79.9. The van der Waals surface area contributed by atoms with Crippen LogP contribution in [-0.2, 0) is 0 Å². The van der Waals surface area contributed by atoms with Crippen LogP contribution in [0.5, 0.6) is 11.6 Å². The Hall–Kier alpha value is -3.68. The van der Waals surface area contributed by atoms with Gasteiger partial charge < -0.3 is 10.1 Å². The van der Waals surface area contributed by atoms with Gasteiger partial charge in [-0.05, 0) is 53.6 Å². The molecule has 8 heteroatoms. The van der Waals surface area contributed by atoms with Crippen molar-refractivity contribution in [2.24, 2.45) is 5.10 Å². The average Bonchev–Trinajstić information content (AvgIpc) is 3.33. The third-order valence-corrected chi connectivity index (χ3v) is 6.29. The van der Waals surface area contributed by atoms with E-state index in [1.54, 1.807) is 18.3 Å². The van der Waals surface area contributed by atoms with Crippen LogP contribution in [0.1, 0.15) is 17.0 Å². The van der Waals surface area contributed by atoms with Gasteiger partial charge in [-0.3, -0.25) is 0 Å². The molecule has 3 aromatic carbocycles. The lowest BCUT2D eigenvalue weighted by molar-refractivity contribution is 0.218. The molecule has 35 heavy (non-hydrogen) atoms. The Bertz CT molecular complexity index is 1350. The van der Waals surface area contributed by atoms with Gasteiger partial charge in [-0.25, -0.2) is 14.8 Å². The van der Waals surface area contributed by atoms with E-state index >= 15 is 0 Å². The standard InChI is InChI=1S/C27H20BrClN4O2/c28-20-8-13-23(14-9-20)35-25-15-12-22(16-30-25)31-27(34)33-17-24(18-4-2-1-3-5-18)26(32-33)19-6-10-21(29)11-7-19/h1-16,24H,17H2,(H,31,34). The fraction of sp³-hybridized carbons (Fsp3) is 0.0741. The summed E-state index contributed by atoms with van der Waals surface area (Å²) in [7, 11) is 0. The smallest absolute Gasteiger partial charge is 0.342 e. The van der Waals surface area contributed by atoms with E-state index in [0.717, 1.165) is 21.3 Å². The molecule has 2 amide bonds. The van der Waals surface area contributed by atoms with E-state index in [1.165, 1.54) is 5.01 Å². The third kappa shape index (κ3) is 5.53. The van der Waals surface area contributed by atoms with Crippen LogP contribution >= 0.6 is 27.5 Å². The number of pyridine rings is 1. The van der Waals surface area contributed by atoms with Crippen LogP contribution < -0.4 is 10.1 Å². The highest BCUT2D eigenvalue weighted by Gasteiger charge is 2.32. The molecule has 0 fully saturated rings. The number of carbonyl (C=O) groups is 1. The van der Waals surface area contributed by atoms with Crippen molar-refractivity contribution >= 4 is 45.0 Å². The summed E-state index contributed by atoms with van der Waals surface area (Å²) in [6.07, 6.45) is 1.56. The second kappa shape index (κ2) is 10.3. The first-order valence-corrected chi connectivity index (χ1v) is 12.1. The van der Waals surface area contributed by atoms with E-state index in [-0.39, 0.29) is 11.9 Å². The molecule has 1 N–H and O–H groups in total. The molecule has 0 radical (unpaired) electrons. The monoisotopic (exact) mass is 546 g/mol. The van der Waals surface area contributed by atoms with E-state index in [2.05, 4.69) is 31.3 Å². The first-order chi connectivity index (χ1) is 17.0. The summed E-state index contributed by atoms with van der Waals surface area (Å²) in [6.45, 7) is 0.423. The van der Waals surface area contributed by atoms with Gasteiger partial charge in [0.1, 0.15) is 5.75 Å². The van der Waals surface area contributed by atoms with E-state index < -0.39 is 0 Å². The molecule has 4 aromatic rings. The molecule has 6 nitrogen and oxygen atoms in total. The lowest BCUT2D eigenvalue weighted by Crippen LogP contribution is -2.30. The molecule has 5 rings (SSSR count). The van der Waals surface area contributed by atoms with Crippen LogP contribution in [0.25, 0.3) is 0 Å². The summed E-state index contributed by atoms with van der Waals surface area (Å²) in [5.74, 6) is 1.05. The second-order valence-corrected chi connectivity index (χ2v) is 9.26. The number of urea groups is 1. The number of halogens is 2. The van der Waals surface area contributed by atoms with Gasteiger partial charge >= 0.3 is 6.03 Å². The third-order valence-electron chi connectivity index (χ3n) is 5.51. The van der Waals surface area contributed by atoms with Gasteiger partial charge in [0.15, 0.2) is 0 Å². The van der Waals surface area contributed by atoms with Gasteiger partial charge in [-0.2, -0.15) is 5.10 Å². The fourth-order valence-electron chi connectivity index (χ4n) is 3.78. The molecule has 1 aromatic heterocycles. The number of nitrogens with one attached hydrogen (secondary N) is 1. The van der Waals surface area contributed by atoms with E-state index in [1.807, 2.05) is 78.9 Å². The minimum atomic E-state index is -0.335. The molecule has 1 unspecified atom stereocenters. The average molecular weight is 548 g/mol. The number of rotatable bonds is 5. The van der Waals surface area contributed by atoms with Gasteiger partial charge in [0.05, 0.1) is 24.1 Å². The minimum Gasteiger partial charge on any atom is -0.439 e. The maximum Gasteiger partial charge on any atom is 0.342 e. The topological polar surface area (TPSA) is 66.8 Å². The minimum absolute atomic E-state index is 0.0528. The van der Waals surface area contributed by atoms with Gasteiger partial charge in [0.2, 0.25) is 5.88 Å². The zero-order chi connectivity index (χ0) is 24.2. The van der Waals surface area contributed by atoms with E-state index in [9.17, 15) is 4.79 Å². The fourth-order valence-corrected chi connectivity index (χ4v) is 4.17. The Labute approximate surface area is 216 Å². The predicted molar refractivity (Wildman–Crippen MR) is 141 cm³/mol. The Morgan fingerprint density at radius 1 is 0.971 bits per heavy atom. The van der Waals surface area contributed by atoms with Gasteiger partial charge in [-0.15, -0.1) is 0 Å². The number of aromatic nitrogens is 1. The number of carbonyl (C=O) groups excluding carboxylic acids is 1. The summed E-state index contributed by atoms with van der Waals surface area (Å²) >= 11 is 9.47. The zero-order valence-electron chi connectivity index (χ0n) is 18.4.